The smallest absolute Gasteiger partial charge is 0.321 e. The molecule has 0 bridgehead atoms. The summed E-state index contributed by atoms with van der Waals surface area (Å²) in [5, 5.41) is 11.0. The monoisotopic (exact) mass is 440 g/mol. The predicted molar refractivity (Wildman–Crippen MR) is 121 cm³/mol. The molecule has 2 heterocycles. The van der Waals surface area contributed by atoms with Crippen molar-refractivity contribution in [2.45, 2.75) is 18.8 Å². The Bertz CT molecular complexity index is 1060. The number of hydrogen-bond acceptors (Lipinski definition) is 4. The highest BCUT2D eigenvalue weighted by Crippen LogP contribution is 2.31. The van der Waals surface area contributed by atoms with Crippen LogP contribution in [0.15, 0.2) is 48.5 Å². The second kappa shape index (κ2) is 9.31. The number of nitrogens with zero attached hydrogens (tertiary/aromatic N) is 2. The fraction of sp³-hybridized carbons (Fsp3) is 0.304. The normalized spacial score (nSPS) is 14.4. The number of anilines is 1. The van der Waals surface area contributed by atoms with E-state index in [1.165, 1.54) is 0 Å². The molecule has 1 aromatic heterocycles. The highest BCUT2D eigenvalue weighted by atomic mass is 35.5. The molecular weight excluding hydrogens is 416 g/mol. The van der Waals surface area contributed by atoms with E-state index >= 15 is 0 Å². The van der Waals surface area contributed by atoms with E-state index in [0.29, 0.717) is 35.5 Å². The molecule has 0 atom stereocenters. The van der Waals surface area contributed by atoms with Crippen molar-refractivity contribution in [2.75, 3.05) is 32.6 Å². The number of halogens is 1. The molecule has 2 N–H and O–H groups in total. The zero-order chi connectivity index (χ0) is 21.8. The number of rotatable bonds is 5. The molecule has 1 aliphatic heterocycles. The van der Waals surface area contributed by atoms with Crippen LogP contribution in [0, 0.1) is 0 Å². The first-order valence-electron chi connectivity index (χ1n) is 10.2. The summed E-state index contributed by atoms with van der Waals surface area (Å²) in [6, 6.07) is 15.0. The van der Waals surface area contributed by atoms with Crippen LogP contribution < -0.4 is 14.8 Å². The van der Waals surface area contributed by atoms with Gasteiger partial charge in [-0.25, -0.2) is 4.79 Å². The fourth-order valence-electron chi connectivity index (χ4n) is 3.82. The van der Waals surface area contributed by atoms with Gasteiger partial charge >= 0.3 is 6.03 Å². The number of carbonyl (C=O) groups excluding carboxylic acids is 1. The van der Waals surface area contributed by atoms with Crippen LogP contribution in [-0.2, 0) is 0 Å². The molecule has 1 saturated heterocycles. The number of carbonyl (C=O) groups is 1. The van der Waals surface area contributed by atoms with Crippen molar-refractivity contribution in [2.24, 2.45) is 0 Å². The van der Waals surface area contributed by atoms with Gasteiger partial charge in [0.1, 0.15) is 11.5 Å². The maximum atomic E-state index is 12.6. The van der Waals surface area contributed by atoms with E-state index in [4.69, 9.17) is 21.1 Å². The molecule has 0 radical (unpaired) electrons. The minimum Gasteiger partial charge on any atom is -0.497 e. The Morgan fingerprint density at radius 2 is 1.94 bits per heavy atom. The third-order valence-corrected chi connectivity index (χ3v) is 5.88. The van der Waals surface area contributed by atoms with Gasteiger partial charge in [0.2, 0.25) is 0 Å². The maximum absolute atomic E-state index is 12.6. The number of nitrogens with one attached hydrogen (secondary N) is 2. The maximum Gasteiger partial charge on any atom is 0.321 e. The van der Waals surface area contributed by atoms with Crippen LogP contribution in [0.5, 0.6) is 11.5 Å². The van der Waals surface area contributed by atoms with Gasteiger partial charge < -0.3 is 19.7 Å². The number of benzene rings is 2. The molecule has 2 amide bonds. The van der Waals surface area contributed by atoms with E-state index in [0.717, 1.165) is 35.5 Å². The molecule has 0 unspecified atom stereocenters. The Morgan fingerprint density at radius 3 is 2.65 bits per heavy atom. The van der Waals surface area contributed by atoms with Crippen LogP contribution >= 0.6 is 11.6 Å². The Morgan fingerprint density at radius 1 is 1.13 bits per heavy atom. The summed E-state index contributed by atoms with van der Waals surface area (Å²) in [5.41, 5.74) is 3.65. The largest absolute Gasteiger partial charge is 0.497 e. The van der Waals surface area contributed by atoms with Gasteiger partial charge in [0.25, 0.3) is 0 Å². The minimum atomic E-state index is -0.124. The number of hydrogen-bond donors (Lipinski definition) is 2. The molecule has 3 aromatic rings. The molecule has 2 aromatic carbocycles. The van der Waals surface area contributed by atoms with Crippen molar-refractivity contribution < 1.29 is 14.3 Å². The van der Waals surface area contributed by atoms with Crippen LogP contribution in [0.25, 0.3) is 11.3 Å². The number of likely N-dealkylation sites (tertiary alicyclic amines) is 1. The SMILES string of the molecule is COc1cccc(-c2cc(C3CCN(C(=O)Nc4ccc(OC)c(Cl)c4)CC3)[nH]n2)c1. The average Bonchev–Trinajstić information content (AvgIpc) is 3.30. The van der Waals surface area contributed by atoms with Crippen LogP contribution in [-0.4, -0.2) is 48.4 Å². The summed E-state index contributed by atoms with van der Waals surface area (Å²) in [7, 11) is 3.21. The molecule has 0 aliphatic carbocycles. The summed E-state index contributed by atoms with van der Waals surface area (Å²) >= 11 is 6.14. The van der Waals surface area contributed by atoms with E-state index in [9.17, 15) is 4.79 Å². The van der Waals surface area contributed by atoms with Crippen molar-refractivity contribution in [3.63, 3.8) is 0 Å². The van der Waals surface area contributed by atoms with Crippen molar-refractivity contribution in [3.8, 4) is 22.8 Å². The molecule has 4 rings (SSSR count). The first-order chi connectivity index (χ1) is 15.1. The van der Waals surface area contributed by atoms with Crippen molar-refractivity contribution in [1.29, 1.82) is 0 Å². The van der Waals surface area contributed by atoms with Crippen molar-refractivity contribution in [1.82, 2.24) is 15.1 Å². The zero-order valence-corrected chi connectivity index (χ0v) is 18.3. The Labute approximate surface area is 186 Å². The van der Waals surface area contributed by atoms with Gasteiger partial charge in [-0.1, -0.05) is 23.7 Å². The number of ether oxygens (including phenoxy) is 2. The first kappa shape index (κ1) is 21.1. The molecule has 0 spiro atoms. The average molecular weight is 441 g/mol. The van der Waals surface area contributed by atoms with Gasteiger partial charge in [-0.05, 0) is 49.2 Å². The van der Waals surface area contributed by atoms with E-state index in [1.807, 2.05) is 29.2 Å². The lowest BCUT2D eigenvalue weighted by atomic mass is 9.93. The topological polar surface area (TPSA) is 79.5 Å². The van der Waals surface area contributed by atoms with Gasteiger partial charge in [-0.2, -0.15) is 5.10 Å². The quantitative estimate of drug-likeness (QED) is 0.574. The molecule has 1 aliphatic rings. The lowest BCUT2D eigenvalue weighted by molar-refractivity contribution is 0.194. The fourth-order valence-corrected chi connectivity index (χ4v) is 4.07. The Kier molecular flexibility index (Phi) is 6.32. The minimum absolute atomic E-state index is 0.124. The second-order valence-corrected chi connectivity index (χ2v) is 7.89. The van der Waals surface area contributed by atoms with Gasteiger partial charge in [0.15, 0.2) is 0 Å². The van der Waals surface area contributed by atoms with Crippen LogP contribution in [0.4, 0.5) is 10.5 Å². The van der Waals surface area contributed by atoms with Gasteiger partial charge in [-0.3, -0.25) is 5.10 Å². The summed E-state index contributed by atoms with van der Waals surface area (Å²) in [6.07, 6.45) is 1.74. The molecule has 7 nitrogen and oxygen atoms in total. The summed E-state index contributed by atoms with van der Waals surface area (Å²) in [4.78, 5) is 14.5. The Hall–Kier alpha value is -3.19. The number of aromatic nitrogens is 2. The number of aromatic amines is 1. The number of piperidine rings is 1. The second-order valence-electron chi connectivity index (χ2n) is 7.48. The predicted octanol–water partition coefficient (Wildman–Crippen LogP) is 5.16. The number of H-pyrrole nitrogens is 1. The molecule has 162 valence electrons. The van der Waals surface area contributed by atoms with E-state index in [2.05, 4.69) is 21.6 Å². The summed E-state index contributed by atoms with van der Waals surface area (Å²) in [5.74, 6) is 1.72. The first-order valence-corrected chi connectivity index (χ1v) is 10.5. The highest BCUT2D eigenvalue weighted by Gasteiger charge is 2.25. The lowest BCUT2D eigenvalue weighted by Gasteiger charge is -2.31. The zero-order valence-electron chi connectivity index (χ0n) is 17.5. The van der Waals surface area contributed by atoms with Crippen LogP contribution in [0.2, 0.25) is 5.02 Å². The van der Waals surface area contributed by atoms with Crippen LogP contribution in [0.1, 0.15) is 24.5 Å². The van der Waals surface area contributed by atoms with Gasteiger partial charge in [0.05, 0.1) is 24.9 Å². The van der Waals surface area contributed by atoms with E-state index < -0.39 is 0 Å². The third-order valence-electron chi connectivity index (χ3n) is 5.59. The van der Waals surface area contributed by atoms with Gasteiger partial charge in [0, 0.05) is 36.0 Å². The molecule has 8 heteroatoms. The third kappa shape index (κ3) is 4.77. The van der Waals surface area contributed by atoms with Crippen molar-refractivity contribution in [3.05, 3.63) is 59.2 Å². The standard InChI is InChI=1S/C23H25ClN4O3/c1-30-18-5-3-4-16(12-18)21-14-20(26-27-21)15-8-10-28(11-9-15)23(29)25-17-6-7-22(31-2)19(24)13-17/h3-7,12-15H,8-11H2,1-2H3,(H,25,29)(H,26,27). The molecular formula is C23H25ClN4O3. The van der Waals surface area contributed by atoms with E-state index in [-0.39, 0.29) is 6.03 Å². The molecule has 0 saturated carbocycles. The van der Waals surface area contributed by atoms with Gasteiger partial charge in [-0.15, -0.1) is 0 Å². The Balaban J connectivity index is 1.35. The summed E-state index contributed by atoms with van der Waals surface area (Å²) in [6.45, 7) is 1.35. The lowest BCUT2D eigenvalue weighted by Crippen LogP contribution is -2.40. The number of methoxy groups -OCH3 is 2. The number of urea groups is 1. The number of amides is 2. The molecule has 31 heavy (non-hydrogen) atoms. The van der Waals surface area contributed by atoms with Crippen LogP contribution in [0.3, 0.4) is 0 Å². The molecule has 1 fully saturated rings. The van der Waals surface area contributed by atoms with Crippen molar-refractivity contribution >= 4 is 23.3 Å². The highest BCUT2D eigenvalue weighted by molar-refractivity contribution is 6.32. The van der Waals surface area contributed by atoms with E-state index in [1.54, 1.807) is 32.4 Å². The summed E-state index contributed by atoms with van der Waals surface area (Å²) < 4.78 is 10.4.